The molecule has 118 valence electrons. The maximum atomic E-state index is 14.1. The molecule has 0 amide bonds. The number of hydrogen-bond donors (Lipinski definition) is 1. The minimum absolute atomic E-state index is 0.0704. The van der Waals surface area contributed by atoms with Gasteiger partial charge in [0.25, 0.3) is 17.6 Å². The maximum Gasteiger partial charge on any atom is 0.282 e. The fourth-order valence-electron chi connectivity index (χ4n) is 3.06. The van der Waals surface area contributed by atoms with Crippen molar-refractivity contribution >= 4 is 11.7 Å². The molecule has 1 aliphatic carbocycles. The van der Waals surface area contributed by atoms with Crippen molar-refractivity contribution < 1.29 is 22.8 Å². The number of aliphatic imine (C=N–C) groups is 1. The summed E-state index contributed by atoms with van der Waals surface area (Å²) >= 11 is 0. The van der Waals surface area contributed by atoms with Crippen molar-refractivity contribution in [2.75, 3.05) is 0 Å². The maximum absolute atomic E-state index is 14.1. The lowest BCUT2D eigenvalue weighted by atomic mass is 9.87. The molecule has 6 nitrogen and oxygen atoms in total. The molecule has 3 rings (SSSR count). The lowest BCUT2D eigenvalue weighted by Gasteiger charge is -2.33. The summed E-state index contributed by atoms with van der Waals surface area (Å²) in [6.45, 7) is 0. The number of non-ortho nitro benzene ring substituents is 1. The number of halogens is 3. The van der Waals surface area contributed by atoms with Gasteiger partial charge in [-0.15, -0.1) is 0 Å². The molecule has 1 saturated carbocycles. The molecule has 0 spiro atoms. The van der Waals surface area contributed by atoms with Crippen LogP contribution < -0.4 is 5.73 Å². The minimum atomic E-state index is -3.10. The van der Waals surface area contributed by atoms with Gasteiger partial charge in [-0.3, -0.25) is 10.1 Å². The normalized spacial score (nSPS) is 29.4. The van der Waals surface area contributed by atoms with Crippen LogP contribution in [0.15, 0.2) is 23.2 Å². The van der Waals surface area contributed by atoms with Crippen molar-refractivity contribution in [1.82, 2.24) is 0 Å². The van der Waals surface area contributed by atoms with E-state index in [0.29, 0.717) is 0 Å². The predicted molar refractivity (Wildman–Crippen MR) is 70.0 cm³/mol. The van der Waals surface area contributed by atoms with Crippen LogP contribution in [0, 0.1) is 21.8 Å². The lowest BCUT2D eigenvalue weighted by Crippen LogP contribution is -2.42. The summed E-state index contributed by atoms with van der Waals surface area (Å²) in [6, 6.07) is 1.14. The molecular formula is C13H12F3N3O3. The number of hydrogen-bond acceptors (Lipinski definition) is 5. The van der Waals surface area contributed by atoms with E-state index in [2.05, 4.69) is 4.99 Å². The van der Waals surface area contributed by atoms with Crippen molar-refractivity contribution in [1.29, 1.82) is 0 Å². The number of alkyl halides is 2. The van der Waals surface area contributed by atoms with Crippen LogP contribution in [0.4, 0.5) is 18.9 Å². The molecule has 1 aromatic rings. The Morgan fingerprint density at radius 3 is 2.86 bits per heavy atom. The van der Waals surface area contributed by atoms with Gasteiger partial charge in [-0.1, -0.05) is 0 Å². The first-order chi connectivity index (χ1) is 10.3. The Bertz CT molecular complexity index is 665. The van der Waals surface area contributed by atoms with Crippen LogP contribution >= 0.6 is 0 Å². The Morgan fingerprint density at radius 1 is 1.45 bits per heavy atom. The standard InChI is InChI=1S/C13H12F3N3O3/c14-8-2-1-6(19(20)21)5-7(8)11-10-9(22-12(17)18-11)3-4-13(10,15)16/h1-2,5,9-11H,3-4H2,(H2,17,18)/t9-,10+,11?/m1/s1. The number of benzene rings is 1. The molecule has 2 N–H and O–H groups in total. The lowest BCUT2D eigenvalue weighted by molar-refractivity contribution is -0.385. The highest BCUT2D eigenvalue weighted by Crippen LogP contribution is 2.51. The molecular weight excluding hydrogens is 303 g/mol. The molecule has 1 aromatic carbocycles. The van der Waals surface area contributed by atoms with Crippen molar-refractivity contribution in [3.63, 3.8) is 0 Å². The number of nitrogens with zero attached hydrogens (tertiary/aromatic N) is 2. The molecule has 0 saturated heterocycles. The molecule has 1 aliphatic heterocycles. The number of nitrogens with two attached hydrogens (primary N) is 1. The van der Waals surface area contributed by atoms with E-state index in [9.17, 15) is 23.3 Å². The van der Waals surface area contributed by atoms with Crippen LogP contribution in [0.25, 0.3) is 0 Å². The molecule has 1 unspecified atom stereocenters. The van der Waals surface area contributed by atoms with Gasteiger partial charge in [-0.25, -0.2) is 18.2 Å². The molecule has 3 atom stereocenters. The van der Waals surface area contributed by atoms with E-state index >= 15 is 0 Å². The molecule has 0 aromatic heterocycles. The zero-order valence-electron chi connectivity index (χ0n) is 11.2. The Morgan fingerprint density at radius 2 is 2.18 bits per heavy atom. The summed E-state index contributed by atoms with van der Waals surface area (Å²) in [4.78, 5) is 13.9. The Kier molecular flexibility index (Phi) is 3.22. The number of nitro groups is 1. The van der Waals surface area contributed by atoms with Gasteiger partial charge in [0, 0.05) is 24.1 Å². The highest BCUT2D eigenvalue weighted by molar-refractivity contribution is 5.73. The average molecular weight is 315 g/mol. The molecule has 0 bridgehead atoms. The van der Waals surface area contributed by atoms with Gasteiger partial charge in [0.15, 0.2) is 0 Å². The molecule has 2 aliphatic rings. The monoisotopic (exact) mass is 315 g/mol. The molecule has 1 heterocycles. The summed E-state index contributed by atoms with van der Waals surface area (Å²) in [7, 11) is 0. The zero-order chi connectivity index (χ0) is 16.1. The van der Waals surface area contributed by atoms with Crippen LogP contribution in [-0.4, -0.2) is 23.0 Å². The summed E-state index contributed by atoms with van der Waals surface area (Å²) in [6.07, 6.45) is -1.23. The highest BCUT2D eigenvalue weighted by Gasteiger charge is 2.57. The van der Waals surface area contributed by atoms with E-state index in [1.807, 2.05) is 0 Å². The number of fused-ring (bicyclic) bond motifs is 1. The van der Waals surface area contributed by atoms with Gasteiger partial charge in [0.05, 0.1) is 16.9 Å². The second-order valence-electron chi connectivity index (χ2n) is 5.36. The minimum Gasteiger partial charge on any atom is -0.461 e. The van der Waals surface area contributed by atoms with Gasteiger partial charge in [0.1, 0.15) is 11.9 Å². The van der Waals surface area contributed by atoms with Gasteiger partial charge in [-0.2, -0.15) is 0 Å². The van der Waals surface area contributed by atoms with Gasteiger partial charge < -0.3 is 10.5 Å². The summed E-state index contributed by atoms with van der Waals surface area (Å²) < 4.78 is 47.3. The molecule has 1 fully saturated rings. The quantitative estimate of drug-likeness (QED) is 0.670. The zero-order valence-corrected chi connectivity index (χ0v) is 11.2. The number of rotatable bonds is 2. The molecule has 0 radical (unpaired) electrons. The van der Waals surface area contributed by atoms with Crippen molar-refractivity contribution in [2.45, 2.75) is 30.9 Å². The van der Waals surface area contributed by atoms with E-state index < -0.39 is 46.8 Å². The SMILES string of the molecule is NC1=NC(c2cc([N+](=O)[O-])ccc2F)[C@@H]2[C@@H](CCC2(F)F)O1. The summed E-state index contributed by atoms with van der Waals surface area (Å²) in [5.41, 5.74) is 4.82. The van der Waals surface area contributed by atoms with E-state index in [4.69, 9.17) is 10.5 Å². The van der Waals surface area contributed by atoms with Gasteiger partial charge in [0.2, 0.25) is 0 Å². The number of ether oxygens (including phenoxy) is 1. The third kappa shape index (κ3) is 2.26. The molecule has 9 heteroatoms. The summed E-state index contributed by atoms with van der Waals surface area (Å²) in [5, 5.41) is 10.8. The average Bonchev–Trinajstić information content (AvgIpc) is 2.74. The smallest absolute Gasteiger partial charge is 0.282 e. The van der Waals surface area contributed by atoms with Crippen molar-refractivity contribution in [3.8, 4) is 0 Å². The fourth-order valence-corrected chi connectivity index (χ4v) is 3.06. The Balaban J connectivity index is 2.10. The Hall–Kier alpha value is -2.32. The fraction of sp³-hybridized carbons (Fsp3) is 0.462. The first kappa shape index (κ1) is 14.6. The van der Waals surface area contributed by atoms with Crippen LogP contribution in [0.5, 0.6) is 0 Å². The van der Waals surface area contributed by atoms with Crippen molar-refractivity contribution in [2.24, 2.45) is 16.6 Å². The van der Waals surface area contributed by atoms with E-state index in [-0.39, 0.29) is 18.0 Å². The van der Waals surface area contributed by atoms with Gasteiger partial charge in [-0.05, 0) is 12.5 Å². The molecule has 22 heavy (non-hydrogen) atoms. The van der Waals surface area contributed by atoms with E-state index in [0.717, 1.165) is 18.2 Å². The van der Waals surface area contributed by atoms with Crippen LogP contribution in [0.3, 0.4) is 0 Å². The predicted octanol–water partition coefficient (Wildman–Crippen LogP) is 2.53. The first-order valence-corrected chi connectivity index (χ1v) is 6.61. The number of nitro benzene ring substituents is 1. The van der Waals surface area contributed by atoms with Crippen LogP contribution in [0.1, 0.15) is 24.4 Å². The topological polar surface area (TPSA) is 90.8 Å². The first-order valence-electron chi connectivity index (χ1n) is 6.61. The van der Waals surface area contributed by atoms with Gasteiger partial charge >= 0.3 is 0 Å². The van der Waals surface area contributed by atoms with E-state index in [1.54, 1.807) is 0 Å². The number of amidine groups is 1. The third-order valence-corrected chi connectivity index (χ3v) is 4.04. The third-order valence-electron chi connectivity index (χ3n) is 4.04. The Labute approximate surface area is 122 Å². The van der Waals surface area contributed by atoms with Crippen molar-refractivity contribution in [3.05, 3.63) is 39.7 Å². The largest absolute Gasteiger partial charge is 0.461 e. The second kappa shape index (κ2) is 4.85. The van der Waals surface area contributed by atoms with Crippen LogP contribution in [-0.2, 0) is 4.74 Å². The highest BCUT2D eigenvalue weighted by atomic mass is 19.3. The van der Waals surface area contributed by atoms with Crippen LogP contribution in [0.2, 0.25) is 0 Å². The summed E-state index contributed by atoms with van der Waals surface area (Å²) in [5.74, 6) is -5.33. The second-order valence-corrected chi connectivity index (χ2v) is 5.36. The van der Waals surface area contributed by atoms with E-state index in [1.165, 1.54) is 0 Å².